The Hall–Kier alpha value is -1.33. The lowest BCUT2D eigenvalue weighted by Gasteiger charge is -2.11. The van der Waals surface area contributed by atoms with Crippen LogP contribution in [-0.2, 0) is 14.6 Å². The summed E-state index contributed by atoms with van der Waals surface area (Å²) in [6, 6.07) is 4.52. The second-order valence-electron chi connectivity index (χ2n) is 4.26. The third-order valence-corrected chi connectivity index (χ3v) is 4.62. The zero-order chi connectivity index (χ0) is 13.5. The Morgan fingerprint density at radius 2 is 2.11 bits per heavy atom. The minimum atomic E-state index is -3.47. The average Bonchev–Trinajstić information content (AvgIpc) is 2.49. The smallest absolute Gasteiger partial charge is 0.303 e. The van der Waals surface area contributed by atoms with Crippen LogP contribution < -0.4 is 0 Å². The molecule has 1 unspecified atom stereocenters. The van der Waals surface area contributed by atoms with E-state index in [0.29, 0.717) is 16.2 Å². The number of sulfone groups is 1. The molecule has 0 radical (unpaired) electrons. The Labute approximate surface area is 110 Å². The number of halogens is 1. The van der Waals surface area contributed by atoms with E-state index in [-0.39, 0.29) is 17.2 Å². The summed E-state index contributed by atoms with van der Waals surface area (Å²) in [4.78, 5) is 10.9. The first-order valence-electron chi connectivity index (χ1n) is 5.29. The van der Waals surface area contributed by atoms with Crippen molar-refractivity contribution in [1.82, 2.24) is 0 Å². The zero-order valence-corrected chi connectivity index (χ0v) is 11.1. The predicted molar refractivity (Wildman–Crippen MR) is 68.0 cm³/mol. The Balaban J connectivity index is 2.53. The fraction of sp³-hybridized carbons (Fsp3) is 0.250. The van der Waals surface area contributed by atoms with E-state index in [1.54, 1.807) is 13.0 Å². The van der Waals surface area contributed by atoms with E-state index >= 15 is 0 Å². The van der Waals surface area contributed by atoms with Gasteiger partial charge in [0.1, 0.15) is 0 Å². The van der Waals surface area contributed by atoms with Crippen molar-refractivity contribution in [3.05, 3.63) is 34.2 Å². The van der Waals surface area contributed by atoms with Crippen molar-refractivity contribution in [2.45, 2.75) is 18.2 Å². The summed E-state index contributed by atoms with van der Waals surface area (Å²) >= 11 is 5.85. The van der Waals surface area contributed by atoms with Crippen LogP contribution in [0.4, 0.5) is 0 Å². The lowest BCUT2D eigenvalue weighted by molar-refractivity contribution is -0.137. The molecule has 1 aliphatic rings. The van der Waals surface area contributed by atoms with Crippen molar-refractivity contribution in [3.8, 4) is 0 Å². The van der Waals surface area contributed by atoms with Crippen LogP contribution in [0, 0.1) is 5.92 Å². The van der Waals surface area contributed by atoms with Crippen molar-refractivity contribution < 1.29 is 18.3 Å². The third kappa shape index (κ3) is 2.28. The number of allylic oxidation sites excluding steroid dienone is 1. The number of carboxylic acid groups (broad SMARTS) is 1. The molecule has 0 spiro atoms. The van der Waals surface area contributed by atoms with Gasteiger partial charge in [0, 0.05) is 10.4 Å². The first-order chi connectivity index (χ1) is 8.31. The zero-order valence-electron chi connectivity index (χ0n) is 9.55. The molecular weight excluding hydrogens is 276 g/mol. The second-order valence-corrected chi connectivity index (χ2v) is 6.46. The number of carboxylic acids is 1. The van der Waals surface area contributed by atoms with E-state index in [4.69, 9.17) is 16.7 Å². The molecule has 2 rings (SSSR count). The van der Waals surface area contributed by atoms with Crippen LogP contribution in [0.5, 0.6) is 0 Å². The molecule has 0 fully saturated rings. The summed E-state index contributed by atoms with van der Waals surface area (Å²) in [7, 11) is -3.47. The fourth-order valence-electron chi connectivity index (χ4n) is 2.02. The van der Waals surface area contributed by atoms with Gasteiger partial charge in [-0.05, 0) is 35.3 Å². The molecule has 1 heterocycles. The van der Waals surface area contributed by atoms with E-state index in [0.717, 1.165) is 5.41 Å². The van der Waals surface area contributed by atoms with Gasteiger partial charge in [-0.3, -0.25) is 4.79 Å². The predicted octanol–water partition coefficient (Wildman–Crippen LogP) is 2.58. The first-order valence-corrected chi connectivity index (χ1v) is 7.22. The molecule has 0 aliphatic carbocycles. The summed E-state index contributed by atoms with van der Waals surface area (Å²) in [6.07, 6.45) is -0.118. The van der Waals surface area contributed by atoms with E-state index in [1.807, 2.05) is 0 Å². The van der Waals surface area contributed by atoms with Gasteiger partial charge in [-0.2, -0.15) is 0 Å². The number of benzene rings is 1. The van der Waals surface area contributed by atoms with Gasteiger partial charge < -0.3 is 5.11 Å². The van der Waals surface area contributed by atoms with Crippen LogP contribution in [-0.4, -0.2) is 19.5 Å². The molecule has 1 aromatic carbocycles. The Bertz CT molecular complexity index is 646. The van der Waals surface area contributed by atoms with Crippen LogP contribution in [0.3, 0.4) is 0 Å². The highest BCUT2D eigenvalue weighted by atomic mass is 35.5. The van der Waals surface area contributed by atoms with Gasteiger partial charge in [-0.1, -0.05) is 18.5 Å². The topological polar surface area (TPSA) is 71.4 Å². The summed E-state index contributed by atoms with van der Waals surface area (Å²) in [5.74, 6) is -1.34. The van der Waals surface area contributed by atoms with Crippen LogP contribution in [0.2, 0.25) is 5.02 Å². The van der Waals surface area contributed by atoms with E-state index in [1.165, 1.54) is 12.1 Å². The lowest BCUT2D eigenvalue weighted by Crippen LogP contribution is -2.05. The monoisotopic (exact) mass is 286 g/mol. The highest BCUT2D eigenvalue weighted by molar-refractivity contribution is 7.95. The van der Waals surface area contributed by atoms with Crippen molar-refractivity contribution >= 4 is 33.0 Å². The van der Waals surface area contributed by atoms with Crippen molar-refractivity contribution in [3.63, 3.8) is 0 Å². The number of rotatable bonds is 3. The Morgan fingerprint density at radius 1 is 1.44 bits per heavy atom. The normalized spacial score (nSPS) is 18.0. The van der Waals surface area contributed by atoms with Gasteiger partial charge in [-0.25, -0.2) is 8.42 Å². The first kappa shape index (κ1) is 13.1. The molecule has 0 amide bonds. The molecule has 0 saturated carbocycles. The average molecular weight is 287 g/mol. The maximum Gasteiger partial charge on any atom is 0.303 e. The number of hydrogen-bond acceptors (Lipinski definition) is 3. The molecule has 1 aliphatic heterocycles. The number of fused-ring (bicyclic) bond motifs is 1. The third-order valence-electron chi connectivity index (χ3n) is 2.85. The minimum Gasteiger partial charge on any atom is -0.481 e. The van der Waals surface area contributed by atoms with Gasteiger partial charge in [0.05, 0.1) is 11.3 Å². The Kier molecular flexibility index (Phi) is 3.21. The fourth-order valence-corrected chi connectivity index (χ4v) is 3.76. The van der Waals surface area contributed by atoms with Crippen molar-refractivity contribution in [2.24, 2.45) is 5.92 Å². The second kappa shape index (κ2) is 4.40. The van der Waals surface area contributed by atoms with Gasteiger partial charge in [0.25, 0.3) is 0 Å². The van der Waals surface area contributed by atoms with E-state index in [2.05, 4.69) is 0 Å². The van der Waals surface area contributed by atoms with Crippen LogP contribution in [0.15, 0.2) is 28.5 Å². The van der Waals surface area contributed by atoms with Gasteiger partial charge >= 0.3 is 5.97 Å². The van der Waals surface area contributed by atoms with Crippen LogP contribution >= 0.6 is 11.6 Å². The molecule has 4 nitrogen and oxygen atoms in total. The maximum atomic E-state index is 11.9. The molecule has 1 N–H and O–H groups in total. The summed E-state index contributed by atoms with van der Waals surface area (Å²) in [5.41, 5.74) is 1.02. The minimum absolute atomic E-state index is 0.118. The summed E-state index contributed by atoms with van der Waals surface area (Å²) in [6.45, 7) is 1.69. The molecule has 0 aromatic heterocycles. The van der Waals surface area contributed by atoms with Gasteiger partial charge in [0.2, 0.25) is 9.84 Å². The van der Waals surface area contributed by atoms with E-state index in [9.17, 15) is 13.2 Å². The molecule has 6 heteroatoms. The molecule has 1 atom stereocenters. The number of hydrogen-bond donors (Lipinski definition) is 1. The van der Waals surface area contributed by atoms with Gasteiger partial charge in [-0.15, -0.1) is 0 Å². The molecule has 1 aromatic rings. The SMILES string of the molecule is CC(CC(=O)O)C1=CS(=O)(=O)c2ccc(Cl)cc21. The molecule has 0 bridgehead atoms. The van der Waals surface area contributed by atoms with Crippen molar-refractivity contribution in [1.29, 1.82) is 0 Å². The Morgan fingerprint density at radius 3 is 2.72 bits per heavy atom. The maximum absolute atomic E-state index is 11.9. The molecule has 18 heavy (non-hydrogen) atoms. The van der Waals surface area contributed by atoms with Crippen LogP contribution in [0.25, 0.3) is 5.57 Å². The standard InChI is InChI=1S/C12H11ClO4S/c1-7(4-12(14)15)10-6-18(16,17)11-3-2-8(13)5-9(10)11/h2-3,5-7H,4H2,1H3,(H,14,15). The van der Waals surface area contributed by atoms with Crippen LogP contribution in [0.1, 0.15) is 18.9 Å². The van der Waals surface area contributed by atoms with Crippen molar-refractivity contribution in [2.75, 3.05) is 0 Å². The number of carbonyl (C=O) groups is 1. The largest absolute Gasteiger partial charge is 0.481 e. The van der Waals surface area contributed by atoms with Gasteiger partial charge in [0.15, 0.2) is 0 Å². The molecular formula is C12H11ClO4S. The highest BCUT2D eigenvalue weighted by Gasteiger charge is 2.30. The van der Waals surface area contributed by atoms with E-state index < -0.39 is 15.8 Å². The quantitative estimate of drug-likeness (QED) is 0.927. The lowest BCUT2D eigenvalue weighted by atomic mass is 9.93. The summed E-state index contributed by atoms with van der Waals surface area (Å²) in [5, 5.41) is 10.3. The highest BCUT2D eigenvalue weighted by Crippen LogP contribution is 2.39. The summed E-state index contributed by atoms with van der Waals surface area (Å²) < 4.78 is 23.8. The molecule has 0 saturated heterocycles. The number of aliphatic carboxylic acids is 1. The molecule has 96 valence electrons.